The highest BCUT2D eigenvalue weighted by molar-refractivity contribution is 5.96. The number of carbonyl (C=O) groups excluding carboxylic acids is 3. The summed E-state index contributed by atoms with van der Waals surface area (Å²) < 4.78 is 4.49. The maximum absolute atomic E-state index is 12.9. The lowest BCUT2D eigenvalue weighted by Gasteiger charge is -2.23. The van der Waals surface area contributed by atoms with E-state index in [2.05, 4.69) is 29.2 Å². The fourth-order valence-corrected chi connectivity index (χ4v) is 3.05. The number of rotatable bonds is 9. The van der Waals surface area contributed by atoms with Gasteiger partial charge in [0.1, 0.15) is 6.54 Å². The molecule has 2 unspecified atom stereocenters. The van der Waals surface area contributed by atoms with Crippen LogP contribution in [0.15, 0.2) is 54.6 Å². The second-order valence-electron chi connectivity index (χ2n) is 6.99. The van der Waals surface area contributed by atoms with Gasteiger partial charge in [0.2, 0.25) is 11.8 Å². The van der Waals surface area contributed by atoms with Crippen molar-refractivity contribution < 1.29 is 19.1 Å². The Balaban J connectivity index is 1.99. The van der Waals surface area contributed by atoms with Gasteiger partial charge in [-0.05, 0) is 29.2 Å². The largest absolute Gasteiger partial charge is 0.468 e. The summed E-state index contributed by atoms with van der Waals surface area (Å²) in [7, 11) is 1.27. The number of esters is 1. The smallest absolute Gasteiger partial charge is 0.325 e. The molecule has 0 saturated heterocycles. The van der Waals surface area contributed by atoms with E-state index in [9.17, 15) is 14.4 Å². The molecular formula is C23H28N2O4. The summed E-state index contributed by atoms with van der Waals surface area (Å²) in [5, 5.41) is 5.48. The molecule has 0 aliphatic heterocycles. The molecule has 0 aliphatic carbocycles. The second kappa shape index (κ2) is 11.0. The summed E-state index contributed by atoms with van der Waals surface area (Å²) in [4.78, 5) is 35.9. The van der Waals surface area contributed by atoms with Crippen LogP contribution < -0.4 is 10.6 Å². The van der Waals surface area contributed by atoms with Gasteiger partial charge in [0.05, 0.1) is 19.4 Å². The highest BCUT2D eigenvalue weighted by Gasteiger charge is 2.25. The monoisotopic (exact) mass is 396 g/mol. The molecule has 2 rings (SSSR count). The van der Waals surface area contributed by atoms with Crippen molar-refractivity contribution in [3.8, 4) is 0 Å². The van der Waals surface area contributed by atoms with E-state index >= 15 is 0 Å². The maximum atomic E-state index is 12.9. The lowest BCUT2D eigenvalue weighted by molar-refractivity contribution is -0.141. The van der Waals surface area contributed by atoms with Crippen LogP contribution in [-0.2, 0) is 25.5 Å². The number of nitrogens with one attached hydrogen (secondary N) is 2. The Kier molecular flexibility index (Phi) is 8.40. The predicted octanol–water partition coefficient (Wildman–Crippen LogP) is 3.29. The Morgan fingerprint density at radius 2 is 1.66 bits per heavy atom. The number of hydrogen-bond donors (Lipinski definition) is 2. The maximum Gasteiger partial charge on any atom is 0.325 e. The van der Waals surface area contributed by atoms with Crippen LogP contribution in [0.4, 0.5) is 5.69 Å². The fraction of sp³-hybridized carbons (Fsp3) is 0.348. The third-order valence-electron chi connectivity index (χ3n) is 4.90. The standard InChI is InChI=1S/C23H28N2O4/c1-4-16(2)22(18-8-6-5-7-9-18)23(28)25-19-12-10-17(11-13-19)14-20(26)24-15-21(27)29-3/h5-13,16,22H,4,14-15H2,1-3H3,(H,24,26)(H,25,28). The first-order valence-corrected chi connectivity index (χ1v) is 9.72. The Morgan fingerprint density at radius 3 is 2.24 bits per heavy atom. The van der Waals surface area contributed by atoms with Crippen LogP contribution in [0.5, 0.6) is 0 Å². The molecule has 29 heavy (non-hydrogen) atoms. The first-order chi connectivity index (χ1) is 13.9. The van der Waals surface area contributed by atoms with Crippen LogP contribution in [-0.4, -0.2) is 31.4 Å². The number of carbonyl (C=O) groups is 3. The van der Waals surface area contributed by atoms with Gasteiger partial charge in [-0.15, -0.1) is 0 Å². The Labute approximate surface area is 171 Å². The van der Waals surface area contributed by atoms with Gasteiger partial charge in [0, 0.05) is 5.69 Å². The summed E-state index contributed by atoms with van der Waals surface area (Å²) in [5.74, 6) is -0.840. The van der Waals surface area contributed by atoms with Crippen molar-refractivity contribution >= 4 is 23.5 Å². The summed E-state index contributed by atoms with van der Waals surface area (Å²) in [6.45, 7) is 4.00. The van der Waals surface area contributed by atoms with E-state index in [1.165, 1.54) is 7.11 Å². The molecule has 2 atom stereocenters. The molecule has 2 aromatic rings. The molecule has 0 bridgehead atoms. The quantitative estimate of drug-likeness (QED) is 0.637. The molecule has 0 spiro atoms. The van der Waals surface area contributed by atoms with Crippen molar-refractivity contribution in [1.29, 1.82) is 0 Å². The van der Waals surface area contributed by atoms with E-state index < -0.39 is 5.97 Å². The molecule has 0 fully saturated rings. The van der Waals surface area contributed by atoms with E-state index in [0.29, 0.717) is 5.69 Å². The number of amides is 2. The third kappa shape index (κ3) is 6.75. The highest BCUT2D eigenvalue weighted by Crippen LogP contribution is 2.28. The lowest BCUT2D eigenvalue weighted by atomic mass is 9.85. The van der Waals surface area contributed by atoms with Gasteiger partial charge in [-0.1, -0.05) is 62.7 Å². The van der Waals surface area contributed by atoms with E-state index in [1.807, 2.05) is 30.3 Å². The van der Waals surface area contributed by atoms with E-state index in [4.69, 9.17) is 0 Å². The van der Waals surface area contributed by atoms with Crippen molar-refractivity contribution in [3.63, 3.8) is 0 Å². The molecule has 0 aromatic heterocycles. The van der Waals surface area contributed by atoms with Gasteiger partial charge < -0.3 is 15.4 Å². The van der Waals surface area contributed by atoms with Gasteiger partial charge in [-0.2, -0.15) is 0 Å². The average molecular weight is 396 g/mol. The van der Waals surface area contributed by atoms with Gasteiger partial charge >= 0.3 is 5.97 Å². The normalized spacial score (nSPS) is 12.5. The summed E-state index contributed by atoms with van der Waals surface area (Å²) in [6.07, 6.45) is 1.04. The van der Waals surface area contributed by atoms with Crippen LogP contribution >= 0.6 is 0 Å². The molecule has 2 amide bonds. The molecule has 2 aromatic carbocycles. The zero-order valence-corrected chi connectivity index (χ0v) is 17.1. The van der Waals surface area contributed by atoms with Gasteiger partial charge in [0.25, 0.3) is 0 Å². The first kappa shape index (κ1) is 22.1. The van der Waals surface area contributed by atoms with Crippen LogP contribution in [0.2, 0.25) is 0 Å². The Bertz CT molecular complexity index is 819. The number of benzene rings is 2. The summed E-state index contributed by atoms with van der Waals surface area (Å²) >= 11 is 0. The van der Waals surface area contributed by atoms with Crippen molar-refractivity contribution in [2.45, 2.75) is 32.6 Å². The first-order valence-electron chi connectivity index (χ1n) is 9.72. The molecule has 6 heteroatoms. The van der Waals surface area contributed by atoms with Crippen molar-refractivity contribution in [2.75, 3.05) is 19.0 Å². The van der Waals surface area contributed by atoms with Crippen molar-refractivity contribution in [1.82, 2.24) is 5.32 Å². The second-order valence-corrected chi connectivity index (χ2v) is 6.99. The van der Waals surface area contributed by atoms with Crippen LogP contribution in [0.25, 0.3) is 0 Å². The Morgan fingerprint density at radius 1 is 1.00 bits per heavy atom. The molecule has 0 radical (unpaired) electrons. The minimum absolute atomic E-state index is 0.0471. The predicted molar refractivity (Wildman–Crippen MR) is 112 cm³/mol. The minimum Gasteiger partial charge on any atom is -0.468 e. The number of hydrogen-bond acceptors (Lipinski definition) is 4. The molecule has 2 N–H and O–H groups in total. The Hall–Kier alpha value is -3.15. The average Bonchev–Trinajstić information content (AvgIpc) is 2.74. The van der Waals surface area contributed by atoms with E-state index in [-0.39, 0.29) is 36.6 Å². The van der Waals surface area contributed by atoms with Crippen molar-refractivity contribution in [2.24, 2.45) is 5.92 Å². The van der Waals surface area contributed by atoms with Crippen LogP contribution in [0.1, 0.15) is 37.3 Å². The summed E-state index contributed by atoms with van der Waals surface area (Å²) in [6, 6.07) is 16.9. The molecule has 0 heterocycles. The van der Waals surface area contributed by atoms with E-state index in [0.717, 1.165) is 17.5 Å². The van der Waals surface area contributed by atoms with E-state index in [1.54, 1.807) is 24.3 Å². The SMILES string of the molecule is CCC(C)C(C(=O)Nc1ccc(CC(=O)NCC(=O)OC)cc1)c1ccccc1. The lowest BCUT2D eigenvalue weighted by Crippen LogP contribution is -2.31. The topological polar surface area (TPSA) is 84.5 Å². The number of ether oxygens (including phenoxy) is 1. The van der Waals surface area contributed by atoms with Crippen LogP contribution in [0.3, 0.4) is 0 Å². The summed E-state index contributed by atoms with van der Waals surface area (Å²) in [5.41, 5.74) is 2.46. The molecule has 154 valence electrons. The molecular weight excluding hydrogens is 368 g/mol. The van der Waals surface area contributed by atoms with Gasteiger partial charge in [0.15, 0.2) is 0 Å². The molecule has 0 saturated carbocycles. The number of anilines is 1. The third-order valence-corrected chi connectivity index (χ3v) is 4.90. The highest BCUT2D eigenvalue weighted by atomic mass is 16.5. The zero-order valence-electron chi connectivity index (χ0n) is 17.1. The van der Waals surface area contributed by atoms with Gasteiger partial charge in [-0.25, -0.2) is 0 Å². The van der Waals surface area contributed by atoms with Gasteiger partial charge in [-0.3, -0.25) is 14.4 Å². The van der Waals surface area contributed by atoms with Crippen molar-refractivity contribution in [3.05, 3.63) is 65.7 Å². The molecule has 0 aliphatic rings. The minimum atomic E-state index is -0.495. The van der Waals surface area contributed by atoms with Crippen LogP contribution in [0, 0.1) is 5.92 Å². The fourth-order valence-electron chi connectivity index (χ4n) is 3.05. The zero-order chi connectivity index (χ0) is 21.2. The molecule has 6 nitrogen and oxygen atoms in total. The number of methoxy groups -OCH3 is 1.